The standard InChI is InChI=1S/C32H19ClN4/c33-31-32(35-26-15-7-6-14-25(26)34-31)37-28-17-9-5-13-22(28)24-18-23-21-12-4-8-16-27(21)36(29(23)19-30(24)37)20-10-2-1-3-11-20/h1-19H. The van der Waals surface area contributed by atoms with Crippen LogP contribution in [0.4, 0.5) is 0 Å². The fourth-order valence-corrected chi connectivity index (χ4v) is 5.84. The molecule has 0 aliphatic rings. The van der Waals surface area contributed by atoms with Crippen LogP contribution in [0.2, 0.25) is 5.15 Å². The van der Waals surface area contributed by atoms with Crippen molar-refractivity contribution in [3.63, 3.8) is 0 Å². The molecule has 0 N–H and O–H groups in total. The monoisotopic (exact) mass is 494 g/mol. The number of fused-ring (bicyclic) bond motifs is 7. The summed E-state index contributed by atoms with van der Waals surface area (Å²) in [6.45, 7) is 0. The summed E-state index contributed by atoms with van der Waals surface area (Å²) in [6, 6.07) is 39.9. The fourth-order valence-electron chi connectivity index (χ4n) is 5.63. The molecule has 0 saturated heterocycles. The zero-order valence-electron chi connectivity index (χ0n) is 19.6. The maximum atomic E-state index is 6.81. The summed E-state index contributed by atoms with van der Waals surface area (Å²) in [5.41, 5.74) is 7.12. The van der Waals surface area contributed by atoms with E-state index in [0.29, 0.717) is 11.0 Å². The first-order valence-electron chi connectivity index (χ1n) is 12.2. The van der Waals surface area contributed by atoms with Crippen molar-refractivity contribution >= 4 is 66.2 Å². The summed E-state index contributed by atoms with van der Waals surface area (Å²) in [5, 5.41) is 5.13. The van der Waals surface area contributed by atoms with E-state index in [1.54, 1.807) is 0 Å². The fraction of sp³-hybridized carbons (Fsp3) is 0. The van der Waals surface area contributed by atoms with E-state index in [4.69, 9.17) is 16.6 Å². The van der Waals surface area contributed by atoms with Crippen LogP contribution in [0.25, 0.3) is 66.2 Å². The highest BCUT2D eigenvalue weighted by Gasteiger charge is 2.20. The molecule has 0 aliphatic heterocycles. The van der Waals surface area contributed by atoms with E-state index in [-0.39, 0.29) is 0 Å². The smallest absolute Gasteiger partial charge is 0.176 e. The van der Waals surface area contributed by atoms with Gasteiger partial charge in [-0.05, 0) is 48.5 Å². The first kappa shape index (κ1) is 20.5. The molecular formula is C32H19ClN4. The van der Waals surface area contributed by atoms with Crippen molar-refractivity contribution in [2.75, 3.05) is 0 Å². The van der Waals surface area contributed by atoms with Gasteiger partial charge in [-0.1, -0.05) is 78.3 Å². The first-order chi connectivity index (χ1) is 18.3. The average Bonchev–Trinajstić information content (AvgIpc) is 3.44. The number of nitrogens with zero attached hydrogens (tertiary/aromatic N) is 4. The Morgan fingerprint density at radius 3 is 1.70 bits per heavy atom. The quantitative estimate of drug-likeness (QED) is 0.241. The lowest BCUT2D eigenvalue weighted by atomic mass is 10.1. The Balaban J connectivity index is 1.57. The molecule has 8 aromatic rings. The van der Waals surface area contributed by atoms with Crippen LogP contribution >= 0.6 is 11.6 Å². The Hall–Kier alpha value is -4.67. The molecule has 5 aromatic carbocycles. The van der Waals surface area contributed by atoms with Gasteiger partial charge in [0.25, 0.3) is 0 Å². The second-order valence-electron chi connectivity index (χ2n) is 9.25. The number of benzene rings is 5. The molecule has 0 spiro atoms. The molecule has 0 fully saturated rings. The van der Waals surface area contributed by atoms with Gasteiger partial charge in [0.2, 0.25) is 0 Å². The molecule has 37 heavy (non-hydrogen) atoms. The van der Waals surface area contributed by atoms with E-state index in [1.807, 2.05) is 30.3 Å². The van der Waals surface area contributed by atoms with Crippen molar-refractivity contribution in [1.82, 2.24) is 19.1 Å². The molecule has 0 radical (unpaired) electrons. The molecule has 8 rings (SSSR count). The topological polar surface area (TPSA) is 35.6 Å². The summed E-state index contributed by atoms with van der Waals surface area (Å²) in [6.07, 6.45) is 0. The number of hydrogen-bond donors (Lipinski definition) is 0. The summed E-state index contributed by atoms with van der Waals surface area (Å²) < 4.78 is 4.48. The molecule has 3 aromatic heterocycles. The number of hydrogen-bond acceptors (Lipinski definition) is 2. The molecule has 0 amide bonds. The minimum Gasteiger partial charge on any atom is -0.309 e. The molecular weight excluding hydrogens is 476 g/mol. The lowest BCUT2D eigenvalue weighted by molar-refractivity contribution is 1.07. The summed E-state index contributed by atoms with van der Waals surface area (Å²) in [7, 11) is 0. The second-order valence-corrected chi connectivity index (χ2v) is 9.61. The predicted octanol–water partition coefficient (Wildman–Crippen LogP) is 8.48. The van der Waals surface area contributed by atoms with Crippen LogP contribution in [0.15, 0.2) is 115 Å². The second kappa shape index (κ2) is 7.66. The third-order valence-corrected chi connectivity index (χ3v) is 7.46. The number of para-hydroxylation sites is 5. The Kier molecular flexibility index (Phi) is 4.25. The van der Waals surface area contributed by atoms with Crippen molar-refractivity contribution in [2.24, 2.45) is 0 Å². The van der Waals surface area contributed by atoms with Crippen LogP contribution in [-0.4, -0.2) is 19.1 Å². The Morgan fingerprint density at radius 1 is 0.459 bits per heavy atom. The number of rotatable bonds is 2. The van der Waals surface area contributed by atoms with Gasteiger partial charge in [0.05, 0.1) is 33.1 Å². The number of aromatic nitrogens is 4. The summed E-state index contributed by atoms with van der Waals surface area (Å²) in [5.74, 6) is 0.633. The third kappa shape index (κ3) is 2.90. The maximum Gasteiger partial charge on any atom is 0.176 e. The van der Waals surface area contributed by atoms with Gasteiger partial charge in [-0.3, -0.25) is 4.57 Å². The molecule has 3 heterocycles. The highest BCUT2D eigenvalue weighted by Crippen LogP contribution is 2.40. The molecule has 0 saturated carbocycles. The van der Waals surface area contributed by atoms with E-state index < -0.39 is 0 Å². The van der Waals surface area contributed by atoms with Crippen molar-refractivity contribution < 1.29 is 0 Å². The zero-order chi connectivity index (χ0) is 24.5. The summed E-state index contributed by atoms with van der Waals surface area (Å²) >= 11 is 6.81. The van der Waals surface area contributed by atoms with E-state index in [9.17, 15) is 0 Å². The van der Waals surface area contributed by atoms with Crippen molar-refractivity contribution in [3.05, 3.63) is 120 Å². The Bertz CT molecular complexity index is 2160. The lowest BCUT2D eigenvalue weighted by Gasteiger charge is -2.11. The highest BCUT2D eigenvalue weighted by molar-refractivity contribution is 6.31. The minimum absolute atomic E-state index is 0.380. The summed E-state index contributed by atoms with van der Waals surface area (Å²) in [4.78, 5) is 9.67. The van der Waals surface area contributed by atoms with Gasteiger partial charge in [0.1, 0.15) is 0 Å². The van der Waals surface area contributed by atoms with E-state index in [1.165, 1.54) is 16.3 Å². The van der Waals surface area contributed by atoms with Gasteiger partial charge in [-0.2, -0.15) is 0 Å². The van der Waals surface area contributed by atoms with Crippen LogP contribution < -0.4 is 0 Å². The van der Waals surface area contributed by atoms with Crippen molar-refractivity contribution in [3.8, 4) is 11.5 Å². The normalized spacial score (nSPS) is 11.9. The van der Waals surface area contributed by atoms with Gasteiger partial charge in [0, 0.05) is 27.2 Å². The molecule has 0 aliphatic carbocycles. The average molecular weight is 495 g/mol. The van der Waals surface area contributed by atoms with Gasteiger partial charge < -0.3 is 4.57 Å². The van der Waals surface area contributed by atoms with Crippen molar-refractivity contribution in [1.29, 1.82) is 0 Å². The number of halogens is 1. The minimum atomic E-state index is 0.380. The molecule has 5 heteroatoms. The third-order valence-electron chi connectivity index (χ3n) is 7.20. The van der Waals surface area contributed by atoms with Crippen LogP contribution in [-0.2, 0) is 0 Å². The van der Waals surface area contributed by atoms with Gasteiger partial charge in [0.15, 0.2) is 11.0 Å². The largest absolute Gasteiger partial charge is 0.309 e. The van der Waals surface area contributed by atoms with Gasteiger partial charge in [-0.25, -0.2) is 9.97 Å². The van der Waals surface area contributed by atoms with E-state index >= 15 is 0 Å². The van der Waals surface area contributed by atoms with Crippen LogP contribution in [0.3, 0.4) is 0 Å². The molecule has 0 bridgehead atoms. The van der Waals surface area contributed by atoms with E-state index in [0.717, 1.165) is 44.0 Å². The van der Waals surface area contributed by atoms with Crippen LogP contribution in [0.5, 0.6) is 0 Å². The van der Waals surface area contributed by atoms with Gasteiger partial charge >= 0.3 is 0 Å². The van der Waals surface area contributed by atoms with Crippen LogP contribution in [0, 0.1) is 0 Å². The Labute approximate surface area is 217 Å². The van der Waals surface area contributed by atoms with E-state index in [2.05, 4.69) is 99.0 Å². The zero-order valence-corrected chi connectivity index (χ0v) is 20.4. The maximum absolute atomic E-state index is 6.81. The molecule has 0 unspecified atom stereocenters. The molecule has 174 valence electrons. The predicted molar refractivity (Wildman–Crippen MR) is 153 cm³/mol. The Morgan fingerprint density at radius 2 is 1.00 bits per heavy atom. The molecule has 0 atom stereocenters. The highest BCUT2D eigenvalue weighted by atomic mass is 35.5. The van der Waals surface area contributed by atoms with Gasteiger partial charge in [-0.15, -0.1) is 0 Å². The van der Waals surface area contributed by atoms with Crippen molar-refractivity contribution in [2.45, 2.75) is 0 Å². The lowest BCUT2D eigenvalue weighted by Crippen LogP contribution is -2.01. The first-order valence-corrected chi connectivity index (χ1v) is 12.6. The SMILES string of the molecule is Clc1nc2ccccc2nc1-n1c2ccccc2c2cc3c4ccccc4n(-c4ccccc4)c3cc21. The van der Waals surface area contributed by atoms with Crippen LogP contribution in [0.1, 0.15) is 0 Å². The molecule has 4 nitrogen and oxygen atoms in total.